The van der Waals surface area contributed by atoms with Crippen molar-refractivity contribution in [1.29, 1.82) is 5.26 Å². The molecule has 28 heavy (non-hydrogen) atoms. The van der Waals surface area contributed by atoms with E-state index in [1.807, 2.05) is 42.6 Å². The molecule has 5 heteroatoms. The first-order chi connectivity index (χ1) is 13.6. The Morgan fingerprint density at radius 2 is 1.93 bits per heavy atom. The van der Waals surface area contributed by atoms with E-state index in [0.717, 1.165) is 48.8 Å². The number of rotatable bonds is 4. The Kier molecular flexibility index (Phi) is 5.14. The fourth-order valence-corrected chi connectivity index (χ4v) is 3.48. The minimum Gasteiger partial charge on any atom is -0.293 e. The van der Waals surface area contributed by atoms with Crippen LogP contribution in [0.2, 0.25) is 0 Å². The number of fused-ring (bicyclic) bond motifs is 1. The molecule has 0 bridgehead atoms. The van der Waals surface area contributed by atoms with Crippen LogP contribution in [0.1, 0.15) is 48.1 Å². The molecular formula is C23H23N5. The Balaban J connectivity index is 1.48. The first-order valence-corrected chi connectivity index (χ1v) is 9.66. The van der Waals surface area contributed by atoms with Crippen LogP contribution in [0.5, 0.6) is 0 Å². The molecule has 4 rings (SSSR count). The van der Waals surface area contributed by atoms with Crippen molar-refractivity contribution in [2.45, 2.75) is 39.3 Å². The van der Waals surface area contributed by atoms with E-state index in [1.165, 1.54) is 11.3 Å². The van der Waals surface area contributed by atoms with Crippen molar-refractivity contribution < 1.29 is 0 Å². The second-order valence-corrected chi connectivity index (χ2v) is 7.52. The van der Waals surface area contributed by atoms with Gasteiger partial charge in [0.25, 0.3) is 0 Å². The minimum absolute atomic E-state index is 0.359. The summed E-state index contributed by atoms with van der Waals surface area (Å²) in [7, 11) is 0. The van der Waals surface area contributed by atoms with Crippen LogP contribution >= 0.6 is 0 Å². The quantitative estimate of drug-likeness (QED) is 0.693. The van der Waals surface area contributed by atoms with Gasteiger partial charge in [-0.2, -0.15) is 5.26 Å². The average Bonchev–Trinajstić information content (AvgIpc) is 2.73. The van der Waals surface area contributed by atoms with Gasteiger partial charge in [-0.3, -0.25) is 9.88 Å². The summed E-state index contributed by atoms with van der Waals surface area (Å²) in [5.41, 5.74) is 6.08. The minimum atomic E-state index is 0.359. The van der Waals surface area contributed by atoms with Gasteiger partial charge in [-0.15, -0.1) is 0 Å². The molecule has 0 amide bonds. The number of hydrogen-bond donors (Lipinski definition) is 0. The van der Waals surface area contributed by atoms with E-state index in [2.05, 4.69) is 35.9 Å². The molecule has 5 nitrogen and oxygen atoms in total. The van der Waals surface area contributed by atoms with Gasteiger partial charge in [0.05, 0.1) is 23.0 Å². The molecule has 0 saturated carbocycles. The monoisotopic (exact) mass is 369 g/mol. The second kappa shape index (κ2) is 7.87. The Labute approximate surface area is 165 Å². The van der Waals surface area contributed by atoms with Crippen LogP contribution in [-0.4, -0.2) is 26.4 Å². The lowest BCUT2D eigenvalue weighted by Crippen LogP contribution is -2.31. The van der Waals surface area contributed by atoms with Crippen LogP contribution in [0, 0.1) is 11.3 Å². The molecule has 3 aromatic rings. The molecule has 140 valence electrons. The molecule has 1 aliphatic rings. The molecule has 2 aromatic heterocycles. The highest BCUT2D eigenvalue weighted by atomic mass is 15.1. The highest BCUT2D eigenvalue weighted by molar-refractivity contribution is 5.60. The van der Waals surface area contributed by atoms with Gasteiger partial charge in [0.2, 0.25) is 0 Å². The van der Waals surface area contributed by atoms with Crippen molar-refractivity contribution in [3.8, 4) is 17.3 Å². The molecular weight excluding hydrogens is 346 g/mol. The maximum absolute atomic E-state index is 8.96. The molecule has 0 fully saturated rings. The number of benzene rings is 1. The zero-order valence-corrected chi connectivity index (χ0v) is 16.3. The molecule has 0 N–H and O–H groups in total. The highest BCUT2D eigenvalue weighted by Gasteiger charge is 2.19. The van der Waals surface area contributed by atoms with Gasteiger partial charge >= 0.3 is 0 Å². The van der Waals surface area contributed by atoms with Crippen molar-refractivity contribution in [1.82, 2.24) is 19.9 Å². The summed E-state index contributed by atoms with van der Waals surface area (Å²) in [4.78, 5) is 16.5. The normalized spacial score (nSPS) is 13.9. The smallest absolute Gasteiger partial charge is 0.131 e. The van der Waals surface area contributed by atoms with Crippen molar-refractivity contribution in [2.24, 2.45) is 0 Å². The zero-order valence-electron chi connectivity index (χ0n) is 16.3. The van der Waals surface area contributed by atoms with E-state index in [0.29, 0.717) is 11.5 Å². The van der Waals surface area contributed by atoms with E-state index in [-0.39, 0.29) is 0 Å². The van der Waals surface area contributed by atoms with Crippen LogP contribution in [0.3, 0.4) is 0 Å². The average molecular weight is 369 g/mol. The molecule has 1 aromatic carbocycles. The van der Waals surface area contributed by atoms with Crippen molar-refractivity contribution in [3.05, 3.63) is 77.0 Å². The molecule has 0 atom stereocenters. The third kappa shape index (κ3) is 3.92. The summed E-state index contributed by atoms with van der Waals surface area (Å²) in [6.45, 7) is 6.89. The summed E-state index contributed by atoms with van der Waals surface area (Å²) in [6, 6.07) is 15.8. The van der Waals surface area contributed by atoms with Gasteiger partial charge in [-0.25, -0.2) is 9.97 Å². The molecule has 0 saturated heterocycles. The molecule has 0 radical (unpaired) electrons. The lowest BCUT2D eigenvalue weighted by atomic mass is 10.1. The Hall–Kier alpha value is -3.10. The van der Waals surface area contributed by atoms with Crippen LogP contribution < -0.4 is 0 Å². The Bertz CT molecular complexity index is 1020. The zero-order chi connectivity index (χ0) is 19.5. The largest absolute Gasteiger partial charge is 0.293 e. The van der Waals surface area contributed by atoms with E-state index in [1.54, 1.807) is 0 Å². The third-order valence-electron chi connectivity index (χ3n) is 5.05. The summed E-state index contributed by atoms with van der Waals surface area (Å²) >= 11 is 0. The van der Waals surface area contributed by atoms with Crippen LogP contribution in [-0.2, 0) is 19.5 Å². The molecule has 0 aliphatic carbocycles. The molecule has 0 spiro atoms. The van der Waals surface area contributed by atoms with E-state index in [9.17, 15) is 0 Å². The van der Waals surface area contributed by atoms with Gasteiger partial charge < -0.3 is 0 Å². The number of nitriles is 1. The maximum atomic E-state index is 8.96. The SMILES string of the molecule is CC(C)c1ncc2c(n1)CCN(Cc1cccc(-c3ccc(C#N)cc3)n1)C2. The third-order valence-corrected chi connectivity index (χ3v) is 5.05. The fraction of sp³-hybridized carbons (Fsp3) is 0.304. The van der Waals surface area contributed by atoms with E-state index in [4.69, 9.17) is 15.2 Å². The molecule has 0 unspecified atom stereocenters. The van der Waals surface area contributed by atoms with Crippen LogP contribution in [0.15, 0.2) is 48.7 Å². The molecule has 1 aliphatic heterocycles. The van der Waals surface area contributed by atoms with Gasteiger partial charge in [-0.1, -0.05) is 32.0 Å². The van der Waals surface area contributed by atoms with Gasteiger partial charge in [0.15, 0.2) is 0 Å². The number of hydrogen-bond acceptors (Lipinski definition) is 5. The fourth-order valence-electron chi connectivity index (χ4n) is 3.48. The summed E-state index contributed by atoms with van der Waals surface area (Å²) in [6.07, 6.45) is 2.94. The number of nitrogens with zero attached hydrogens (tertiary/aromatic N) is 5. The standard InChI is InChI=1S/C23H23N5/c1-16(2)23-25-13-19-14-28(11-10-22(19)27-23)15-20-4-3-5-21(26-20)18-8-6-17(12-24)7-9-18/h3-9,13,16H,10-11,14-15H2,1-2H3. The molecule has 3 heterocycles. The van der Waals surface area contributed by atoms with Gasteiger partial charge in [0.1, 0.15) is 5.82 Å². The Morgan fingerprint density at radius 3 is 2.68 bits per heavy atom. The van der Waals surface area contributed by atoms with Crippen molar-refractivity contribution >= 4 is 0 Å². The van der Waals surface area contributed by atoms with Crippen molar-refractivity contribution in [3.63, 3.8) is 0 Å². The Morgan fingerprint density at radius 1 is 1.11 bits per heavy atom. The topological polar surface area (TPSA) is 65.7 Å². The lowest BCUT2D eigenvalue weighted by molar-refractivity contribution is 0.239. The summed E-state index contributed by atoms with van der Waals surface area (Å²) in [5.74, 6) is 1.29. The maximum Gasteiger partial charge on any atom is 0.131 e. The van der Waals surface area contributed by atoms with Gasteiger partial charge in [-0.05, 0) is 24.3 Å². The number of aromatic nitrogens is 3. The first kappa shape index (κ1) is 18.3. The summed E-state index contributed by atoms with van der Waals surface area (Å²) in [5, 5.41) is 8.96. The van der Waals surface area contributed by atoms with Crippen molar-refractivity contribution in [2.75, 3.05) is 6.54 Å². The highest BCUT2D eigenvalue weighted by Crippen LogP contribution is 2.22. The van der Waals surface area contributed by atoms with Crippen LogP contribution in [0.25, 0.3) is 11.3 Å². The van der Waals surface area contributed by atoms with E-state index >= 15 is 0 Å². The first-order valence-electron chi connectivity index (χ1n) is 9.66. The van der Waals surface area contributed by atoms with Gasteiger partial charge in [0, 0.05) is 55.0 Å². The second-order valence-electron chi connectivity index (χ2n) is 7.52. The predicted molar refractivity (Wildman–Crippen MR) is 108 cm³/mol. The van der Waals surface area contributed by atoms with Crippen LogP contribution in [0.4, 0.5) is 0 Å². The number of pyridine rings is 1. The summed E-state index contributed by atoms with van der Waals surface area (Å²) < 4.78 is 0. The lowest BCUT2D eigenvalue weighted by Gasteiger charge is -2.28. The van der Waals surface area contributed by atoms with E-state index < -0.39 is 0 Å². The predicted octanol–water partition coefficient (Wildman–Crippen LogP) is 4.09.